The number of rotatable bonds is 11. The highest BCUT2D eigenvalue weighted by atomic mass is 16.2. The Kier molecular flexibility index (Phi) is 8.40. The van der Waals surface area contributed by atoms with Crippen LogP contribution in [0.3, 0.4) is 0 Å². The summed E-state index contributed by atoms with van der Waals surface area (Å²) in [5, 5.41) is 3.52. The third-order valence-corrected chi connectivity index (χ3v) is 8.18. The number of carbonyl (C=O) groups excluding carboxylic acids is 1. The number of fused-ring (bicyclic) bond motifs is 1. The van der Waals surface area contributed by atoms with E-state index in [2.05, 4.69) is 64.6 Å². The van der Waals surface area contributed by atoms with Gasteiger partial charge in [-0.05, 0) is 80.8 Å². The molecule has 2 heterocycles. The number of nitrogens with zero attached hydrogens (tertiary/aromatic N) is 3. The first-order valence-electron chi connectivity index (χ1n) is 13.9. The molecule has 0 spiro atoms. The summed E-state index contributed by atoms with van der Waals surface area (Å²) >= 11 is 0. The predicted molar refractivity (Wildman–Crippen MR) is 149 cm³/mol. The number of hydrogen-bond acceptors (Lipinski definition) is 4. The van der Waals surface area contributed by atoms with E-state index in [0.29, 0.717) is 19.1 Å². The number of anilines is 1. The van der Waals surface area contributed by atoms with Gasteiger partial charge in [-0.2, -0.15) is 0 Å². The van der Waals surface area contributed by atoms with E-state index in [0.717, 1.165) is 44.1 Å². The minimum atomic E-state index is 0.178. The van der Waals surface area contributed by atoms with Crippen LogP contribution in [0, 0.1) is 5.92 Å². The standard InChI is InChI=1S/C31H42N4O/c1-33-18-7-12-28(33)16-21-35(19-6-10-25-8-3-2-4-9-25)31(36)22-32-30-13-5-11-27-24-34(20-17-29(27)30)23-26-14-15-26/h2-6,8-11,13,26,28,32H,7,12,14-24H2,1H3/b10-6+. The molecule has 1 saturated carbocycles. The highest BCUT2D eigenvalue weighted by Crippen LogP contribution is 2.33. The monoisotopic (exact) mass is 486 g/mol. The summed E-state index contributed by atoms with van der Waals surface area (Å²) in [5.41, 5.74) is 5.14. The van der Waals surface area contributed by atoms with Gasteiger partial charge in [-0.1, -0.05) is 54.6 Å². The molecule has 5 rings (SSSR count). The fourth-order valence-corrected chi connectivity index (χ4v) is 5.78. The van der Waals surface area contributed by atoms with E-state index in [9.17, 15) is 4.79 Å². The van der Waals surface area contributed by atoms with E-state index in [1.54, 1.807) is 0 Å². The summed E-state index contributed by atoms with van der Waals surface area (Å²) < 4.78 is 0. The van der Waals surface area contributed by atoms with Gasteiger partial charge in [-0.15, -0.1) is 0 Å². The van der Waals surface area contributed by atoms with Crippen molar-refractivity contribution in [3.05, 3.63) is 71.3 Å². The van der Waals surface area contributed by atoms with Crippen LogP contribution in [0.2, 0.25) is 0 Å². The highest BCUT2D eigenvalue weighted by Gasteiger charge is 2.27. The maximum absolute atomic E-state index is 13.4. The Hall–Kier alpha value is -2.63. The lowest BCUT2D eigenvalue weighted by atomic mass is 9.97. The van der Waals surface area contributed by atoms with Crippen molar-refractivity contribution in [2.24, 2.45) is 5.92 Å². The van der Waals surface area contributed by atoms with Crippen LogP contribution in [0.4, 0.5) is 5.69 Å². The fraction of sp³-hybridized carbons (Fsp3) is 0.516. The smallest absolute Gasteiger partial charge is 0.242 e. The Morgan fingerprint density at radius 1 is 1.08 bits per heavy atom. The molecule has 36 heavy (non-hydrogen) atoms. The van der Waals surface area contributed by atoms with Crippen molar-refractivity contribution in [1.82, 2.24) is 14.7 Å². The molecular weight excluding hydrogens is 444 g/mol. The molecule has 1 unspecified atom stereocenters. The van der Waals surface area contributed by atoms with Gasteiger partial charge in [0, 0.05) is 44.5 Å². The van der Waals surface area contributed by atoms with Crippen LogP contribution in [0.5, 0.6) is 0 Å². The zero-order valence-electron chi connectivity index (χ0n) is 21.9. The van der Waals surface area contributed by atoms with Gasteiger partial charge in [0.25, 0.3) is 0 Å². The predicted octanol–water partition coefficient (Wildman–Crippen LogP) is 4.89. The van der Waals surface area contributed by atoms with Gasteiger partial charge >= 0.3 is 0 Å². The SMILES string of the molecule is CN1CCCC1CCN(C/C=C/c1ccccc1)C(=O)CNc1cccc2c1CCN(CC1CC1)C2. The molecule has 0 aromatic heterocycles. The molecule has 2 aliphatic heterocycles. The molecule has 2 aromatic carbocycles. The summed E-state index contributed by atoms with van der Waals surface area (Å²) in [6, 6.07) is 17.5. The van der Waals surface area contributed by atoms with Crippen molar-refractivity contribution in [2.75, 3.05) is 51.6 Å². The molecule has 2 aromatic rings. The number of likely N-dealkylation sites (tertiary alicyclic amines) is 1. The second kappa shape index (κ2) is 12.1. The molecule has 1 atom stereocenters. The minimum absolute atomic E-state index is 0.178. The second-order valence-corrected chi connectivity index (χ2v) is 10.9. The Morgan fingerprint density at radius 3 is 2.72 bits per heavy atom. The van der Waals surface area contributed by atoms with E-state index in [1.165, 1.54) is 55.5 Å². The van der Waals surface area contributed by atoms with Crippen LogP contribution < -0.4 is 5.32 Å². The van der Waals surface area contributed by atoms with Crippen LogP contribution in [0.1, 0.15) is 48.8 Å². The third-order valence-electron chi connectivity index (χ3n) is 8.18. The Bertz CT molecular complexity index is 1030. The minimum Gasteiger partial charge on any atom is -0.376 e. The normalized spacial score (nSPS) is 20.5. The first kappa shape index (κ1) is 25.0. The van der Waals surface area contributed by atoms with Gasteiger partial charge in [0.2, 0.25) is 5.91 Å². The molecule has 1 amide bonds. The van der Waals surface area contributed by atoms with E-state index >= 15 is 0 Å². The molecule has 1 N–H and O–H groups in total. The first-order chi connectivity index (χ1) is 17.7. The summed E-state index contributed by atoms with van der Waals surface area (Å²) in [4.78, 5) is 20.5. The molecule has 0 bridgehead atoms. The van der Waals surface area contributed by atoms with Crippen LogP contribution in [0.15, 0.2) is 54.6 Å². The van der Waals surface area contributed by atoms with Gasteiger partial charge in [0.15, 0.2) is 0 Å². The lowest BCUT2D eigenvalue weighted by Gasteiger charge is -2.30. The van der Waals surface area contributed by atoms with Crippen molar-refractivity contribution in [1.29, 1.82) is 0 Å². The summed E-state index contributed by atoms with van der Waals surface area (Å²) in [6.07, 6.45) is 11.7. The Labute approximate surface area is 217 Å². The van der Waals surface area contributed by atoms with Gasteiger partial charge in [-0.3, -0.25) is 9.69 Å². The average molecular weight is 487 g/mol. The average Bonchev–Trinajstić information content (AvgIpc) is 3.62. The molecule has 1 aliphatic carbocycles. The van der Waals surface area contributed by atoms with Crippen molar-refractivity contribution in [3.63, 3.8) is 0 Å². The summed E-state index contributed by atoms with van der Waals surface area (Å²) in [6.45, 7) is 6.39. The highest BCUT2D eigenvalue weighted by molar-refractivity contribution is 5.81. The maximum Gasteiger partial charge on any atom is 0.242 e. The van der Waals surface area contributed by atoms with Crippen LogP contribution >= 0.6 is 0 Å². The van der Waals surface area contributed by atoms with Gasteiger partial charge in [-0.25, -0.2) is 0 Å². The van der Waals surface area contributed by atoms with Gasteiger partial charge in [0.1, 0.15) is 0 Å². The topological polar surface area (TPSA) is 38.8 Å². The molecular formula is C31H42N4O. The number of nitrogens with one attached hydrogen (secondary N) is 1. The zero-order valence-corrected chi connectivity index (χ0v) is 21.9. The summed E-state index contributed by atoms with van der Waals surface area (Å²) in [5.74, 6) is 1.11. The molecule has 5 heteroatoms. The van der Waals surface area contributed by atoms with Crippen molar-refractivity contribution in [2.45, 2.75) is 51.1 Å². The molecule has 5 nitrogen and oxygen atoms in total. The van der Waals surface area contributed by atoms with Crippen molar-refractivity contribution >= 4 is 17.7 Å². The first-order valence-corrected chi connectivity index (χ1v) is 13.9. The van der Waals surface area contributed by atoms with Gasteiger partial charge in [0.05, 0.1) is 6.54 Å². The fourth-order valence-electron chi connectivity index (χ4n) is 5.78. The number of benzene rings is 2. The van der Waals surface area contributed by atoms with Crippen molar-refractivity contribution < 1.29 is 4.79 Å². The second-order valence-electron chi connectivity index (χ2n) is 10.9. The summed E-state index contributed by atoms with van der Waals surface area (Å²) in [7, 11) is 2.21. The molecule has 0 radical (unpaired) electrons. The lowest BCUT2D eigenvalue weighted by molar-refractivity contribution is -0.129. The Morgan fingerprint density at radius 2 is 1.94 bits per heavy atom. The van der Waals surface area contributed by atoms with Crippen LogP contribution in [0.25, 0.3) is 6.08 Å². The van der Waals surface area contributed by atoms with E-state index in [1.807, 2.05) is 23.1 Å². The quantitative estimate of drug-likeness (QED) is 0.491. The zero-order chi connectivity index (χ0) is 24.7. The lowest BCUT2D eigenvalue weighted by Crippen LogP contribution is -2.39. The number of carbonyl (C=O) groups is 1. The Balaban J connectivity index is 1.20. The van der Waals surface area contributed by atoms with E-state index in [-0.39, 0.29) is 5.91 Å². The number of hydrogen-bond donors (Lipinski definition) is 1. The molecule has 2 fully saturated rings. The molecule has 192 valence electrons. The maximum atomic E-state index is 13.4. The molecule has 3 aliphatic rings. The number of amides is 1. The van der Waals surface area contributed by atoms with Crippen molar-refractivity contribution in [3.8, 4) is 0 Å². The molecule has 1 saturated heterocycles. The third kappa shape index (κ3) is 6.77. The largest absolute Gasteiger partial charge is 0.376 e. The van der Waals surface area contributed by atoms with Crippen LogP contribution in [-0.2, 0) is 17.8 Å². The van der Waals surface area contributed by atoms with E-state index < -0.39 is 0 Å². The van der Waals surface area contributed by atoms with Gasteiger partial charge < -0.3 is 15.1 Å². The van der Waals surface area contributed by atoms with Crippen LogP contribution in [-0.4, -0.2) is 73.0 Å². The van der Waals surface area contributed by atoms with E-state index in [4.69, 9.17) is 0 Å².